The average molecular weight is 328 g/mol. The number of benzene rings is 3. The zero-order valence-electron chi connectivity index (χ0n) is 13.1. The van der Waals surface area contributed by atoms with Crippen molar-refractivity contribution in [2.24, 2.45) is 0 Å². The topological polar surface area (TPSA) is 28.7 Å². The lowest BCUT2D eigenvalue weighted by Crippen LogP contribution is -2.20. The standard InChI is InChI=1S/C21H17N2P/c1-3-7-18(8-4-1)24(19-9-5-2-6-10-19)20-13-11-17(12-14-20)21-15-16-22-23-21/h1-16H,(H,22,23). The molecule has 0 aliphatic heterocycles. The summed E-state index contributed by atoms with van der Waals surface area (Å²) >= 11 is 0. The molecule has 1 heterocycles. The molecule has 0 aliphatic rings. The van der Waals surface area contributed by atoms with Crippen LogP contribution in [-0.2, 0) is 0 Å². The number of hydrogen-bond acceptors (Lipinski definition) is 1. The Morgan fingerprint density at radius 2 is 1.12 bits per heavy atom. The molecule has 0 bridgehead atoms. The van der Waals surface area contributed by atoms with Crippen molar-refractivity contribution in [3.8, 4) is 11.3 Å². The van der Waals surface area contributed by atoms with Gasteiger partial charge in [-0.05, 0) is 29.9 Å². The summed E-state index contributed by atoms with van der Waals surface area (Å²) < 4.78 is 0. The second-order valence-corrected chi connectivity index (χ2v) is 7.73. The number of nitrogens with zero attached hydrogens (tertiary/aromatic N) is 1. The number of rotatable bonds is 4. The highest BCUT2D eigenvalue weighted by atomic mass is 31.1. The van der Waals surface area contributed by atoms with E-state index in [4.69, 9.17) is 0 Å². The van der Waals surface area contributed by atoms with E-state index < -0.39 is 7.92 Å². The molecule has 0 spiro atoms. The quantitative estimate of drug-likeness (QED) is 0.567. The van der Waals surface area contributed by atoms with Gasteiger partial charge in [-0.15, -0.1) is 0 Å². The Kier molecular flexibility index (Phi) is 4.22. The maximum absolute atomic E-state index is 4.26. The third kappa shape index (κ3) is 3.02. The van der Waals surface area contributed by atoms with Crippen LogP contribution < -0.4 is 15.9 Å². The second kappa shape index (κ2) is 6.82. The van der Waals surface area contributed by atoms with E-state index in [0.717, 1.165) is 11.3 Å². The fourth-order valence-electron chi connectivity index (χ4n) is 2.80. The molecule has 24 heavy (non-hydrogen) atoms. The smallest absolute Gasteiger partial charge is 0.0920 e. The minimum atomic E-state index is -0.544. The van der Waals surface area contributed by atoms with Crippen molar-refractivity contribution < 1.29 is 0 Å². The SMILES string of the molecule is c1ccc(P(c2ccccc2)c2ccc(-c3cc[nH]n3)cc2)cc1. The highest BCUT2D eigenvalue weighted by molar-refractivity contribution is 7.79. The monoisotopic (exact) mass is 328 g/mol. The Balaban J connectivity index is 1.77. The van der Waals surface area contributed by atoms with Gasteiger partial charge in [-0.2, -0.15) is 5.10 Å². The van der Waals surface area contributed by atoms with Gasteiger partial charge in [0.05, 0.1) is 5.69 Å². The molecule has 3 heteroatoms. The molecule has 0 amide bonds. The first-order valence-electron chi connectivity index (χ1n) is 7.92. The molecule has 0 aliphatic carbocycles. The lowest BCUT2D eigenvalue weighted by atomic mass is 10.2. The first-order valence-corrected chi connectivity index (χ1v) is 9.26. The normalized spacial score (nSPS) is 10.9. The van der Waals surface area contributed by atoms with Crippen LogP contribution in [0.15, 0.2) is 97.2 Å². The molecule has 4 rings (SSSR count). The van der Waals surface area contributed by atoms with Crippen LogP contribution in [0, 0.1) is 0 Å². The van der Waals surface area contributed by atoms with Crippen LogP contribution in [0.1, 0.15) is 0 Å². The maximum atomic E-state index is 4.26. The van der Waals surface area contributed by atoms with Gasteiger partial charge in [0.25, 0.3) is 0 Å². The van der Waals surface area contributed by atoms with Crippen LogP contribution >= 0.6 is 7.92 Å². The average Bonchev–Trinajstić information content (AvgIpc) is 3.19. The Bertz CT molecular complexity index is 846. The zero-order chi connectivity index (χ0) is 16.2. The van der Waals surface area contributed by atoms with Gasteiger partial charge in [-0.1, -0.05) is 84.9 Å². The number of nitrogens with one attached hydrogen (secondary N) is 1. The Morgan fingerprint density at radius 1 is 0.583 bits per heavy atom. The van der Waals surface area contributed by atoms with E-state index in [1.54, 1.807) is 0 Å². The maximum Gasteiger partial charge on any atom is 0.0920 e. The lowest BCUT2D eigenvalue weighted by Gasteiger charge is -2.19. The van der Waals surface area contributed by atoms with Crippen LogP contribution in [0.2, 0.25) is 0 Å². The summed E-state index contributed by atoms with van der Waals surface area (Å²) in [6.07, 6.45) is 1.85. The van der Waals surface area contributed by atoms with Gasteiger partial charge in [0.15, 0.2) is 0 Å². The van der Waals surface area contributed by atoms with Crippen molar-refractivity contribution in [2.45, 2.75) is 0 Å². The molecular weight excluding hydrogens is 311 g/mol. The van der Waals surface area contributed by atoms with Crippen molar-refractivity contribution in [1.82, 2.24) is 10.2 Å². The van der Waals surface area contributed by atoms with Crippen LogP contribution in [0.4, 0.5) is 0 Å². The lowest BCUT2D eigenvalue weighted by molar-refractivity contribution is 1.10. The first-order chi connectivity index (χ1) is 11.9. The summed E-state index contributed by atoms with van der Waals surface area (Å²) in [6, 6.07) is 32.3. The summed E-state index contributed by atoms with van der Waals surface area (Å²) in [5.41, 5.74) is 2.11. The largest absolute Gasteiger partial charge is 0.285 e. The van der Waals surface area contributed by atoms with Crippen LogP contribution in [0.5, 0.6) is 0 Å². The van der Waals surface area contributed by atoms with E-state index in [9.17, 15) is 0 Å². The molecule has 0 saturated heterocycles. The molecule has 0 unspecified atom stereocenters. The Morgan fingerprint density at radius 3 is 1.62 bits per heavy atom. The van der Waals surface area contributed by atoms with Crippen LogP contribution in [-0.4, -0.2) is 10.2 Å². The first kappa shape index (κ1) is 14.9. The molecule has 0 fully saturated rings. The molecule has 116 valence electrons. The number of hydrogen-bond donors (Lipinski definition) is 1. The Hall–Kier alpha value is -2.70. The molecule has 0 atom stereocenters. The van der Waals surface area contributed by atoms with Gasteiger partial charge in [-0.3, -0.25) is 5.10 Å². The van der Waals surface area contributed by atoms with E-state index in [-0.39, 0.29) is 0 Å². The van der Waals surface area contributed by atoms with Crippen molar-refractivity contribution in [1.29, 1.82) is 0 Å². The fourth-order valence-corrected chi connectivity index (χ4v) is 5.09. The summed E-state index contributed by atoms with van der Waals surface area (Å²) in [6.45, 7) is 0. The number of H-pyrrole nitrogens is 1. The third-order valence-corrected chi connectivity index (χ3v) is 6.39. The Labute approximate surface area is 142 Å². The van der Waals surface area contributed by atoms with Gasteiger partial charge < -0.3 is 0 Å². The van der Waals surface area contributed by atoms with Crippen molar-refractivity contribution >= 4 is 23.8 Å². The highest BCUT2D eigenvalue weighted by Gasteiger charge is 2.16. The van der Waals surface area contributed by atoms with E-state index in [1.165, 1.54) is 15.9 Å². The van der Waals surface area contributed by atoms with E-state index in [1.807, 2.05) is 12.3 Å². The third-order valence-electron chi connectivity index (χ3n) is 3.95. The van der Waals surface area contributed by atoms with Gasteiger partial charge in [0.1, 0.15) is 0 Å². The van der Waals surface area contributed by atoms with Crippen LogP contribution in [0.25, 0.3) is 11.3 Å². The molecule has 0 radical (unpaired) electrons. The molecule has 3 aromatic carbocycles. The minimum Gasteiger partial charge on any atom is -0.285 e. The summed E-state index contributed by atoms with van der Waals surface area (Å²) in [5, 5.41) is 11.2. The predicted molar refractivity (Wildman–Crippen MR) is 103 cm³/mol. The number of aromatic nitrogens is 2. The predicted octanol–water partition coefficient (Wildman–Crippen LogP) is 3.83. The molecular formula is C21H17N2P. The number of aromatic amines is 1. The summed E-state index contributed by atoms with van der Waals surface area (Å²) in [7, 11) is -0.544. The fraction of sp³-hybridized carbons (Fsp3) is 0. The second-order valence-electron chi connectivity index (χ2n) is 5.51. The van der Waals surface area contributed by atoms with Crippen molar-refractivity contribution in [2.75, 3.05) is 0 Å². The van der Waals surface area contributed by atoms with Crippen molar-refractivity contribution in [3.05, 3.63) is 97.2 Å². The minimum absolute atomic E-state index is 0.544. The van der Waals surface area contributed by atoms with Crippen LogP contribution in [0.3, 0.4) is 0 Å². The summed E-state index contributed by atoms with van der Waals surface area (Å²) in [5.74, 6) is 0. The van der Waals surface area contributed by atoms with E-state index >= 15 is 0 Å². The van der Waals surface area contributed by atoms with Gasteiger partial charge in [0.2, 0.25) is 0 Å². The zero-order valence-corrected chi connectivity index (χ0v) is 14.0. The highest BCUT2D eigenvalue weighted by Crippen LogP contribution is 2.33. The molecule has 2 nitrogen and oxygen atoms in total. The van der Waals surface area contributed by atoms with E-state index in [2.05, 4.69) is 95.1 Å². The van der Waals surface area contributed by atoms with Gasteiger partial charge in [-0.25, -0.2) is 0 Å². The molecule has 0 saturated carbocycles. The summed E-state index contributed by atoms with van der Waals surface area (Å²) in [4.78, 5) is 0. The molecule has 4 aromatic rings. The molecule has 1 N–H and O–H groups in total. The van der Waals surface area contributed by atoms with Gasteiger partial charge in [0, 0.05) is 11.8 Å². The molecule has 1 aromatic heterocycles. The van der Waals surface area contributed by atoms with Crippen molar-refractivity contribution in [3.63, 3.8) is 0 Å². The van der Waals surface area contributed by atoms with Gasteiger partial charge >= 0.3 is 0 Å². The van der Waals surface area contributed by atoms with E-state index in [0.29, 0.717) is 0 Å².